The maximum absolute atomic E-state index is 13.6. The molecule has 1 atom stereocenters. The van der Waals surface area contributed by atoms with Crippen LogP contribution in [-0.4, -0.2) is 24.3 Å². The molecule has 0 radical (unpaired) electrons. The summed E-state index contributed by atoms with van der Waals surface area (Å²) in [6, 6.07) is 3.69. The SMILES string of the molecule is N#Cc1cc(F)c(N2CC[C@H](O)C2)c(F)c1. The molecule has 3 nitrogen and oxygen atoms in total. The molecule has 1 fully saturated rings. The largest absolute Gasteiger partial charge is 0.391 e. The Labute approximate surface area is 91.5 Å². The predicted octanol–water partition coefficient (Wildman–Crippen LogP) is 1.41. The lowest BCUT2D eigenvalue weighted by Gasteiger charge is -2.19. The van der Waals surface area contributed by atoms with Crippen molar-refractivity contribution in [3.05, 3.63) is 29.3 Å². The van der Waals surface area contributed by atoms with Gasteiger partial charge in [0, 0.05) is 13.1 Å². The third-order valence-electron chi connectivity index (χ3n) is 2.63. The van der Waals surface area contributed by atoms with Gasteiger partial charge in [0.25, 0.3) is 0 Å². The van der Waals surface area contributed by atoms with Gasteiger partial charge in [0.05, 0.1) is 17.7 Å². The summed E-state index contributed by atoms with van der Waals surface area (Å²) in [7, 11) is 0. The van der Waals surface area contributed by atoms with Gasteiger partial charge in [0.1, 0.15) is 5.69 Å². The molecule has 5 heteroatoms. The van der Waals surface area contributed by atoms with Crippen LogP contribution in [0.1, 0.15) is 12.0 Å². The van der Waals surface area contributed by atoms with Crippen LogP contribution < -0.4 is 4.90 Å². The van der Waals surface area contributed by atoms with Crippen molar-refractivity contribution in [3.8, 4) is 6.07 Å². The number of nitriles is 1. The van der Waals surface area contributed by atoms with Gasteiger partial charge in [-0.15, -0.1) is 0 Å². The molecule has 0 bridgehead atoms. The molecule has 0 aliphatic carbocycles. The highest BCUT2D eigenvalue weighted by Crippen LogP contribution is 2.27. The van der Waals surface area contributed by atoms with Gasteiger partial charge in [-0.3, -0.25) is 0 Å². The van der Waals surface area contributed by atoms with E-state index in [4.69, 9.17) is 5.26 Å². The molecule has 1 N–H and O–H groups in total. The van der Waals surface area contributed by atoms with Gasteiger partial charge < -0.3 is 10.0 Å². The number of β-amino-alcohol motifs (C(OH)–C–C–N with tert-alkyl or cyclic N) is 1. The van der Waals surface area contributed by atoms with E-state index in [9.17, 15) is 13.9 Å². The monoisotopic (exact) mass is 224 g/mol. The number of rotatable bonds is 1. The zero-order valence-electron chi connectivity index (χ0n) is 8.45. The molecule has 16 heavy (non-hydrogen) atoms. The molecule has 2 rings (SSSR count). The molecule has 84 valence electrons. The van der Waals surface area contributed by atoms with Crippen molar-refractivity contribution < 1.29 is 13.9 Å². The molecular formula is C11H10F2N2O. The van der Waals surface area contributed by atoms with Crippen LogP contribution in [0.2, 0.25) is 0 Å². The Bertz CT molecular complexity index is 433. The molecule has 0 spiro atoms. The molecule has 1 aliphatic rings. The number of anilines is 1. The molecule has 0 amide bonds. The Kier molecular flexibility index (Phi) is 2.75. The lowest BCUT2D eigenvalue weighted by molar-refractivity contribution is 0.198. The zero-order valence-corrected chi connectivity index (χ0v) is 8.45. The summed E-state index contributed by atoms with van der Waals surface area (Å²) in [5, 5.41) is 17.9. The van der Waals surface area contributed by atoms with Crippen LogP contribution >= 0.6 is 0 Å². The fourth-order valence-electron chi connectivity index (χ4n) is 1.88. The number of hydrogen-bond acceptors (Lipinski definition) is 3. The maximum Gasteiger partial charge on any atom is 0.150 e. The van der Waals surface area contributed by atoms with Crippen molar-refractivity contribution in [1.82, 2.24) is 0 Å². The van der Waals surface area contributed by atoms with Gasteiger partial charge in [-0.1, -0.05) is 0 Å². The van der Waals surface area contributed by atoms with E-state index in [0.29, 0.717) is 13.0 Å². The molecule has 0 saturated carbocycles. The van der Waals surface area contributed by atoms with E-state index in [1.165, 1.54) is 4.90 Å². The van der Waals surface area contributed by atoms with Crippen LogP contribution in [-0.2, 0) is 0 Å². The minimum atomic E-state index is -0.759. The predicted molar refractivity (Wildman–Crippen MR) is 53.9 cm³/mol. The highest BCUT2D eigenvalue weighted by atomic mass is 19.1. The van der Waals surface area contributed by atoms with Crippen LogP contribution in [0, 0.1) is 23.0 Å². The van der Waals surface area contributed by atoms with Crippen molar-refractivity contribution in [3.63, 3.8) is 0 Å². The zero-order chi connectivity index (χ0) is 11.7. The standard InChI is InChI=1S/C11H10F2N2O/c12-9-3-7(5-14)4-10(13)11(9)15-2-1-8(16)6-15/h3-4,8,16H,1-2,6H2/t8-/m0/s1. The summed E-state index contributed by atoms with van der Waals surface area (Å²) in [5.74, 6) is -1.52. The highest BCUT2D eigenvalue weighted by molar-refractivity contribution is 5.53. The summed E-state index contributed by atoms with van der Waals surface area (Å²) >= 11 is 0. The molecule has 1 aliphatic heterocycles. The average molecular weight is 224 g/mol. The number of aliphatic hydroxyl groups excluding tert-OH is 1. The van der Waals surface area contributed by atoms with Crippen molar-refractivity contribution in [1.29, 1.82) is 5.26 Å². The summed E-state index contributed by atoms with van der Waals surface area (Å²) < 4.78 is 27.1. The number of benzene rings is 1. The Morgan fingerprint density at radius 1 is 1.38 bits per heavy atom. The maximum atomic E-state index is 13.6. The Balaban J connectivity index is 2.38. The van der Waals surface area contributed by atoms with Gasteiger partial charge in [-0.25, -0.2) is 8.78 Å². The van der Waals surface area contributed by atoms with E-state index < -0.39 is 17.7 Å². The quantitative estimate of drug-likeness (QED) is 0.784. The van der Waals surface area contributed by atoms with Crippen LogP contribution in [0.4, 0.5) is 14.5 Å². The first-order valence-electron chi connectivity index (χ1n) is 4.94. The summed E-state index contributed by atoms with van der Waals surface area (Å²) in [4.78, 5) is 1.45. The van der Waals surface area contributed by atoms with Crippen molar-refractivity contribution in [2.75, 3.05) is 18.0 Å². The van der Waals surface area contributed by atoms with Crippen LogP contribution in [0.25, 0.3) is 0 Å². The summed E-state index contributed by atoms with van der Waals surface area (Å²) in [6.07, 6.45) is -0.0479. The van der Waals surface area contributed by atoms with Crippen LogP contribution in [0.3, 0.4) is 0 Å². The average Bonchev–Trinajstić information content (AvgIpc) is 2.63. The van der Waals surface area contributed by atoms with Gasteiger partial charge in [-0.05, 0) is 18.6 Å². The van der Waals surface area contributed by atoms with Crippen molar-refractivity contribution in [2.24, 2.45) is 0 Å². The van der Waals surface area contributed by atoms with Gasteiger partial charge in [0.2, 0.25) is 0 Å². The van der Waals surface area contributed by atoms with Crippen molar-refractivity contribution in [2.45, 2.75) is 12.5 Å². The molecule has 0 unspecified atom stereocenters. The van der Waals surface area contributed by atoms with E-state index in [-0.39, 0.29) is 17.8 Å². The third-order valence-corrected chi connectivity index (χ3v) is 2.63. The minimum absolute atomic E-state index is 0.0431. The van der Waals surface area contributed by atoms with E-state index in [2.05, 4.69) is 0 Å². The summed E-state index contributed by atoms with van der Waals surface area (Å²) in [6.45, 7) is 0.640. The number of aliphatic hydroxyl groups is 1. The van der Waals surface area contributed by atoms with Crippen LogP contribution in [0.5, 0.6) is 0 Å². The smallest absolute Gasteiger partial charge is 0.150 e. The van der Waals surface area contributed by atoms with E-state index in [0.717, 1.165) is 12.1 Å². The first-order valence-corrected chi connectivity index (χ1v) is 4.94. The fourth-order valence-corrected chi connectivity index (χ4v) is 1.88. The highest BCUT2D eigenvalue weighted by Gasteiger charge is 2.25. The van der Waals surface area contributed by atoms with Crippen molar-refractivity contribution >= 4 is 5.69 Å². The lowest BCUT2D eigenvalue weighted by Crippen LogP contribution is -2.23. The second-order valence-corrected chi connectivity index (χ2v) is 3.79. The first kappa shape index (κ1) is 10.8. The molecule has 1 aromatic carbocycles. The number of nitrogens with zero attached hydrogens (tertiary/aromatic N) is 2. The summed E-state index contributed by atoms with van der Waals surface area (Å²) in [5.41, 5.74) is -0.200. The van der Waals surface area contributed by atoms with Crippen LogP contribution in [0.15, 0.2) is 12.1 Å². The first-order chi connectivity index (χ1) is 7.61. The Morgan fingerprint density at radius 3 is 2.44 bits per heavy atom. The number of hydrogen-bond donors (Lipinski definition) is 1. The molecule has 1 saturated heterocycles. The van der Waals surface area contributed by atoms with Gasteiger partial charge in [-0.2, -0.15) is 5.26 Å². The number of halogens is 2. The van der Waals surface area contributed by atoms with E-state index >= 15 is 0 Å². The van der Waals surface area contributed by atoms with Gasteiger partial charge in [0.15, 0.2) is 11.6 Å². The molecule has 0 aromatic heterocycles. The fraction of sp³-hybridized carbons (Fsp3) is 0.364. The topological polar surface area (TPSA) is 47.3 Å². The molecule has 1 heterocycles. The Hall–Kier alpha value is -1.67. The third kappa shape index (κ3) is 1.84. The lowest BCUT2D eigenvalue weighted by atomic mass is 10.2. The normalized spacial score (nSPS) is 19.9. The molecule has 1 aromatic rings. The minimum Gasteiger partial charge on any atom is -0.391 e. The Morgan fingerprint density at radius 2 is 2.00 bits per heavy atom. The molecular weight excluding hydrogens is 214 g/mol. The second kappa shape index (κ2) is 4.06. The van der Waals surface area contributed by atoms with E-state index in [1.807, 2.05) is 0 Å². The van der Waals surface area contributed by atoms with Gasteiger partial charge >= 0.3 is 0 Å². The van der Waals surface area contributed by atoms with E-state index in [1.54, 1.807) is 6.07 Å². The second-order valence-electron chi connectivity index (χ2n) is 3.79.